The smallest absolute Gasteiger partial charge is 0.240 e. The summed E-state index contributed by atoms with van der Waals surface area (Å²) in [6, 6.07) is 14.0. The van der Waals surface area contributed by atoms with Crippen LogP contribution in [0.4, 0.5) is 0 Å². The van der Waals surface area contributed by atoms with Gasteiger partial charge in [0.15, 0.2) is 0 Å². The van der Waals surface area contributed by atoms with Crippen LogP contribution >= 0.6 is 0 Å². The largest absolute Gasteiger partial charge is 0.457 e. The standard InChI is InChI=1S/C18H24N2O4S/c1-15-4-3-5-17(14-15)24-16-6-8-18(9-7-16)25(21,22)20-11-10-19-12-13-23-2/h3-9,14,19-20H,10-13H2,1-2H3. The second-order valence-electron chi connectivity index (χ2n) is 5.53. The molecular weight excluding hydrogens is 340 g/mol. The highest BCUT2D eigenvalue weighted by molar-refractivity contribution is 7.89. The lowest BCUT2D eigenvalue weighted by molar-refractivity contribution is 0.199. The zero-order valence-corrected chi connectivity index (χ0v) is 15.3. The minimum atomic E-state index is -3.53. The Hall–Kier alpha value is -1.93. The molecule has 0 spiro atoms. The molecule has 0 aliphatic carbocycles. The minimum Gasteiger partial charge on any atom is -0.457 e. The van der Waals surface area contributed by atoms with E-state index in [1.54, 1.807) is 19.2 Å². The van der Waals surface area contributed by atoms with E-state index in [1.165, 1.54) is 12.1 Å². The molecule has 0 radical (unpaired) electrons. The average Bonchev–Trinajstić information content (AvgIpc) is 2.58. The molecule has 2 rings (SSSR count). The molecule has 0 fully saturated rings. The van der Waals surface area contributed by atoms with E-state index in [-0.39, 0.29) is 4.90 Å². The maximum Gasteiger partial charge on any atom is 0.240 e. The third-order valence-corrected chi connectivity index (χ3v) is 4.91. The quantitative estimate of drug-likeness (QED) is 0.633. The van der Waals surface area contributed by atoms with Crippen molar-refractivity contribution in [3.8, 4) is 11.5 Å². The van der Waals surface area contributed by atoms with Crippen molar-refractivity contribution in [2.75, 3.05) is 33.4 Å². The maximum absolute atomic E-state index is 12.2. The van der Waals surface area contributed by atoms with Crippen molar-refractivity contribution in [1.29, 1.82) is 0 Å². The predicted molar refractivity (Wildman–Crippen MR) is 97.6 cm³/mol. The van der Waals surface area contributed by atoms with Crippen LogP contribution in [0.3, 0.4) is 0 Å². The zero-order valence-electron chi connectivity index (χ0n) is 14.5. The molecule has 0 heterocycles. The highest BCUT2D eigenvalue weighted by atomic mass is 32.2. The van der Waals surface area contributed by atoms with Gasteiger partial charge in [-0.1, -0.05) is 12.1 Å². The van der Waals surface area contributed by atoms with Crippen LogP contribution in [0.2, 0.25) is 0 Å². The van der Waals surface area contributed by atoms with Crippen molar-refractivity contribution < 1.29 is 17.9 Å². The number of benzene rings is 2. The lowest BCUT2D eigenvalue weighted by Gasteiger charge is -2.09. The van der Waals surface area contributed by atoms with Gasteiger partial charge in [0.2, 0.25) is 10.0 Å². The fourth-order valence-electron chi connectivity index (χ4n) is 2.16. The fraction of sp³-hybridized carbons (Fsp3) is 0.333. The Kier molecular flexibility index (Phi) is 7.39. The first-order chi connectivity index (χ1) is 12.0. The van der Waals surface area contributed by atoms with Gasteiger partial charge >= 0.3 is 0 Å². The Labute approximate surface area is 149 Å². The van der Waals surface area contributed by atoms with E-state index >= 15 is 0 Å². The summed E-state index contributed by atoms with van der Waals surface area (Å²) in [5, 5.41) is 3.08. The molecule has 136 valence electrons. The predicted octanol–water partition coefficient (Wildman–Crippen LogP) is 2.30. The lowest BCUT2D eigenvalue weighted by Crippen LogP contribution is -2.33. The van der Waals surface area contributed by atoms with E-state index in [9.17, 15) is 8.42 Å². The summed E-state index contributed by atoms with van der Waals surface area (Å²) >= 11 is 0. The second-order valence-corrected chi connectivity index (χ2v) is 7.30. The van der Waals surface area contributed by atoms with Crippen molar-refractivity contribution >= 4 is 10.0 Å². The molecule has 0 unspecified atom stereocenters. The van der Waals surface area contributed by atoms with E-state index in [2.05, 4.69) is 10.0 Å². The van der Waals surface area contributed by atoms with Crippen LogP contribution in [-0.2, 0) is 14.8 Å². The molecule has 2 aromatic carbocycles. The molecule has 7 heteroatoms. The van der Waals surface area contributed by atoms with E-state index in [0.29, 0.717) is 32.0 Å². The average molecular weight is 364 g/mol. The van der Waals surface area contributed by atoms with Crippen molar-refractivity contribution in [2.24, 2.45) is 0 Å². The van der Waals surface area contributed by atoms with Gasteiger partial charge in [0.25, 0.3) is 0 Å². The molecule has 0 atom stereocenters. The van der Waals surface area contributed by atoms with Gasteiger partial charge in [-0.05, 0) is 48.9 Å². The van der Waals surface area contributed by atoms with Gasteiger partial charge in [0, 0.05) is 26.7 Å². The number of rotatable bonds is 10. The van der Waals surface area contributed by atoms with Crippen molar-refractivity contribution in [3.63, 3.8) is 0 Å². The highest BCUT2D eigenvalue weighted by Crippen LogP contribution is 2.23. The van der Waals surface area contributed by atoms with E-state index < -0.39 is 10.0 Å². The van der Waals surface area contributed by atoms with Gasteiger partial charge in [-0.2, -0.15) is 0 Å². The van der Waals surface area contributed by atoms with Gasteiger partial charge in [0.1, 0.15) is 11.5 Å². The number of hydrogen-bond acceptors (Lipinski definition) is 5. The third-order valence-electron chi connectivity index (χ3n) is 3.44. The Morgan fingerprint density at radius 1 is 0.960 bits per heavy atom. The van der Waals surface area contributed by atoms with E-state index in [1.807, 2.05) is 31.2 Å². The van der Waals surface area contributed by atoms with Crippen LogP contribution < -0.4 is 14.8 Å². The molecule has 6 nitrogen and oxygen atoms in total. The SMILES string of the molecule is COCCNCCNS(=O)(=O)c1ccc(Oc2cccc(C)c2)cc1. The summed E-state index contributed by atoms with van der Waals surface area (Å²) in [4.78, 5) is 0.209. The summed E-state index contributed by atoms with van der Waals surface area (Å²) in [5.41, 5.74) is 1.10. The molecule has 0 amide bonds. The maximum atomic E-state index is 12.2. The van der Waals surface area contributed by atoms with Gasteiger partial charge in [0.05, 0.1) is 11.5 Å². The molecule has 0 aliphatic rings. The molecule has 2 N–H and O–H groups in total. The number of hydrogen-bond donors (Lipinski definition) is 2. The molecule has 25 heavy (non-hydrogen) atoms. The Balaban J connectivity index is 1.89. The summed E-state index contributed by atoms with van der Waals surface area (Å²) in [5.74, 6) is 1.31. The first kappa shape index (κ1) is 19.4. The van der Waals surface area contributed by atoms with Crippen LogP contribution in [0.25, 0.3) is 0 Å². The fourth-order valence-corrected chi connectivity index (χ4v) is 3.19. The number of ether oxygens (including phenoxy) is 2. The summed E-state index contributed by atoms with van der Waals surface area (Å²) in [6.45, 7) is 4.11. The van der Waals surface area contributed by atoms with Crippen molar-refractivity contribution in [1.82, 2.24) is 10.0 Å². The Morgan fingerprint density at radius 3 is 2.40 bits per heavy atom. The second kappa shape index (κ2) is 9.53. The molecule has 0 aliphatic heterocycles. The van der Waals surface area contributed by atoms with Crippen LogP contribution in [0.5, 0.6) is 11.5 Å². The topological polar surface area (TPSA) is 76.7 Å². The summed E-state index contributed by atoms with van der Waals surface area (Å²) in [6.07, 6.45) is 0. The zero-order chi connectivity index (χ0) is 18.1. The Morgan fingerprint density at radius 2 is 1.72 bits per heavy atom. The normalized spacial score (nSPS) is 11.4. The van der Waals surface area contributed by atoms with E-state index in [4.69, 9.17) is 9.47 Å². The van der Waals surface area contributed by atoms with Crippen LogP contribution in [0.1, 0.15) is 5.56 Å². The highest BCUT2D eigenvalue weighted by Gasteiger charge is 2.13. The first-order valence-electron chi connectivity index (χ1n) is 8.05. The molecule has 2 aromatic rings. The van der Waals surface area contributed by atoms with Gasteiger partial charge in [-0.25, -0.2) is 13.1 Å². The number of methoxy groups -OCH3 is 1. The summed E-state index contributed by atoms with van der Waals surface area (Å²) in [7, 11) is -1.90. The van der Waals surface area contributed by atoms with Gasteiger partial charge in [-0.15, -0.1) is 0 Å². The monoisotopic (exact) mass is 364 g/mol. The van der Waals surface area contributed by atoms with Crippen LogP contribution in [0.15, 0.2) is 53.4 Å². The van der Waals surface area contributed by atoms with Crippen LogP contribution in [-0.4, -0.2) is 41.8 Å². The third kappa shape index (κ3) is 6.47. The molecular formula is C18H24N2O4S. The van der Waals surface area contributed by atoms with Crippen LogP contribution in [0, 0.1) is 6.92 Å². The molecule has 0 aromatic heterocycles. The first-order valence-corrected chi connectivity index (χ1v) is 9.53. The number of sulfonamides is 1. The lowest BCUT2D eigenvalue weighted by atomic mass is 10.2. The number of nitrogens with one attached hydrogen (secondary N) is 2. The Bertz CT molecular complexity index is 761. The molecule has 0 saturated heterocycles. The number of aryl methyl sites for hydroxylation is 1. The van der Waals surface area contributed by atoms with Gasteiger partial charge in [-0.3, -0.25) is 0 Å². The van der Waals surface area contributed by atoms with E-state index in [0.717, 1.165) is 11.3 Å². The molecule has 0 saturated carbocycles. The van der Waals surface area contributed by atoms with Crippen molar-refractivity contribution in [2.45, 2.75) is 11.8 Å². The molecule has 0 bridgehead atoms. The van der Waals surface area contributed by atoms with Gasteiger partial charge < -0.3 is 14.8 Å². The minimum absolute atomic E-state index is 0.209. The summed E-state index contributed by atoms with van der Waals surface area (Å²) < 4.78 is 37.7. The van der Waals surface area contributed by atoms with Crippen molar-refractivity contribution in [3.05, 3.63) is 54.1 Å².